The molecule has 2 aromatic carbocycles. The Morgan fingerprint density at radius 3 is 1.39 bits per heavy atom. The van der Waals surface area contributed by atoms with Crippen molar-refractivity contribution in [3.8, 4) is 11.1 Å². The normalized spacial score (nSPS) is 12.1. The second-order valence-electron chi connectivity index (χ2n) is 9.55. The fourth-order valence-electron chi connectivity index (χ4n) is 5.39. The van der Waals surface area contributed by atoms with Gasteiger partial charge < -0.3 is 9.47 Å². The van der Waals surface area contributed by atoms with Crippen LogP contribution in [0.5, 0.6) is 0 Å². The molecule has 0 atom stereocenters. The molecule has 1 aliphatic carbocycles. The summed E-state index contributed by atoms with van der Waals surface area (Å²) >= 11 is 0. The van der Waals surface area contributed by atoms with Crippen molar-refractivity contribution in [2.75, 3.05) is 32.7 Å². The third kappa shape index (κ3) is 5.54. The van der Waals surface area contributed by atoms with E-state index in [0.29, 0.717) is 10.9 Å². The van der Waals surface area contributed by atoms with E-state index in [2.05, 4.69) is 32.9 Å². The summed E-state index contributed by atoms with van der Waals surface area (Å²) in [6, 6.07) is 16.3. The van der Waals surface area contributed by atoms with Crippen molar-refractivity contribution >= 4 is 29.7 Å². The van der Waals surface area contributed by atoms with E-state index in [1.165, 1.54) is 14.2 Å². The van der Waals surface area contributed by atoms with Gasteiger partial charge in [0.05, 0.1) is 25.1 Å². The van der Waals surface area contributed by atoms with Gasteiger partial charge in [-0.15, -0.1) is 0 Å². The van der Waals surface area contributed by atoms with Crippen molar-refractivity contribution in [1.29, 1.82) is 0 Å². The van der Waals surface area contributed by atoms with Crippen molar-refractivity contribution in [3.63, 3.8) is 0 Å². The highest BCUT2D eigenvalue weighted by Gasteiger charge is 2.38. The van der Waals surface area contributed by atoms with Gasteiger partial charge in [-0.25, -0.2) is 9.59 Å². The Bertz CT molecular complexity index is 1100. The van der Waals surface area contributed by atoms with Crippen LogP contribution in [0.25, 0.3) is 16.7 Å². The van der Waals surface area contributed by atoms with Crippen LogP contribution in [0.3, 0.4) is 0 Å². The molecule has 0 radical (unpaired) electrons. The summed E-state index contributed by atoms with van der Waals surface area (Å²) in [4.78, 5) is 27.6. The van der Waals surface area contributed by atoms with E-state index < -0.39 is 12.9 Å². The highest BCUT2D eigenvalue weighted by Crippen LogP contribution is 2.55. The van der Waals surface area contributed by atoms with Gasteiger partial charge in [0.1, 0.15) is 0 Å². The van der Waals surface area contributed by atoms with Crippen molar-refractivity contribution in [2.45, 2.75) is 59.3 Å². The quantitative estimate of drug-likeness (QED) is 0.145. The van der Waals surface area contributed by atoms with Crippen LogP contribution in [0.15, 0.2) is 54.1 Å². The van der Waals surface area contributed by atoms with Crippen LogP contribution in [-0.4, -0.2) is 49.9 Å². The van der Waals surface area contributed by atoms with Crippen LogP contribution in [0, 0.1) is 0 Å². The minimum Gasteiger partial charge on any atom is -0.465 e. The lowest BCUT2D eigenvalue weighted by Crippen LogP contribution is -2.29. The molecule has 5 heteroatoms. The second kappa shape index (κ2) is 13.1. The summed E-state index contributed by atoms with van der Waals surface area (Å²) in [7, 11) is 2.85. The molecule has 0 aliphatic heterocycles. The first kappa shape index (κ1) is 28.0. The highest BCUT2D eigenvalue weighted by molar-refractivity contribution is 7.78. The monoisotopic (exact) mass is 508 g/mol. The van der Waals surface area contributed by atoms with Crippen molar-refractivity contribution in [2.24, 2.45) is 0 Å². The molecule has 0 unspecified atom stereocenters. The molecular formula is C31H41O4P. The van der Waals surface area contributed by atoms with Crippen molar-refractivity contribution < 1.29 is 19.1 Å². The zero-order valence-corrected chi connectivity index (χ0v) is 23.5. The smallest absolute Gasteiger partial charge is 0.339 e. The van der Waals surface area contributed by atoms with Gasteiger partial charge in [0.25, 0.3) is 0 Å². The lowest BCUT2D eigenvalue weighted by Gasteiger charge is -2.31. The lowest BCUT2D eigenvalue weighted by molar-refractivity contribution is -0.137. The van der Waals surface area contributed by atoms with Gasteiger partial charge >= 0.3 is 11.9 Å². The maximum atomic E-state index is 13.8. The third-order valence-electron chi connectivity index (χ3n) is 7.23. The summed E-state index contributed by atoms with van der Waals surface area (Å²) in [5.41, 5.74) is 5.32. The van der Waals surface area contributed by atoms with Gasteiger partial charge in [-0.3, -0.25) is 0 Å². The molecular weight excluding hydrogens is 467 g/mol. The number of hydrogen-bond donors (Lipinski definition) is 0. The van der Waals surface area contributed by atoms with Gasteiger partial charge in [0.2, 0.25) is 0 Å². The predicted octanol–water partition coefficient (Wildman–Crippen LogP) is 7.41. The van der Waals surface area contributed by atoms with E-state index in [-0.39, 0.29) is 5.97 Å². The summed E-state index contributed by atoms with van der Waals surface area (Å²) in [5, 5.41) is 0.605. The SMILES string of the molecule is CCCCP(CCCC)(CCCC)=C(C(=O)OC)C(C(=O)OC)=C1c2ccccc2-c2ccccc21. The number of benzene rings is 2. The molecule has 4 nitrogen and oxygen atoms in total. The molecule has 2 aromatic rings. The summed E-state index contributed by atoms with van der Waals surface area (Å²) in [6.07, 6.45) is 9.07. The summed E-state index contributed by atoms with van der Waals surface area (Å²) < 4.78 is 10.9. The van der Waals surface area contributed by atoms with Crippen LogP contribution < -0.4 is 0 Å². The van der Waals surface area contributed by atoms with Gasteiger partial charge in [-0.05, 0) is 60.0 Å². The number of hydrogen-bond acceptors (Lipinski definition) is 4. The number of fused-ring (bicyclic) bond motifs is 3. The number of unbranched alkanes of at least 4 members (excludes halogenated alkanes) is 3. The fraction of sp³-hybridized carbons (Fsp3) is 0.452. The maximum Gasteiger partial charge on any atom is 0.339 e. The molecule has 3 rings (SSSR count). The molecule has 0 fully saturated rings. The van der Waals surface area contributed by atoms with Crippen molar-refractivity contribution in [1.82, 2.24) is 0 Å². The van der Waals surface area contributed by atoms with Gasteiger partial charge in [0.15, 0.2) is 0 Å². The van der Waals surface area contributed by atoms with Gasteiger partial charge in [-0.2, -0.15) is 0 Å². The van der Waals surface area contributed by atoms with Gasteiger partial charge in [0, 0.05) is 5.57 Å². The highest BCUT2D eigenvalue weighted by atomic mass is 31.2. The molecule has 194 valence electrons. The van der Waals surface area contributed by atoms with Crippen LogP contribution in [0.4, 0.5) is 0 Å². The molecule has 0 amide bonds. The first-order chi connectivity index (χ1) is 17.5. The fourth-order valence-corrected chi connectivity index (χ4v) is 10.7. The Hall–Kier alpha value is -2.58. The molecule has 1 aliphatic rings. The van der Waals surface area contributed by atoms with E-state index in [1.54, 1.807) is 0 Å². The van der Waals surface area contributed by atoms with E-state index in [1.807, 2.05) is 36.4 Å². The Morgan fingerprint density at radius 1 is 0.639 bits per heavy atom. The second-order valence-corrected chi connectivity index (χ2v) is 13.6. The van der Waals surface area contributed by atoms with Crippen molar-refractivity contribution in [3.05, 3.63) is 65.2 Å². The minimum absolute atomic E-state index is 0.374. The Kier molecular flexibility index (Phi) is 10.2. The predicted molar refractivity (Wildman–Crippen MR) is 153 cm³/mol. The molecule has 0 bridgehead atoms. The molecule has 0 saturated heterocycles. The number of rotatable bonds is 12. The molecule has 0 aromatic heterocycles. The number of methoxy groups -OCH3 is 2. The topological polar surface area (TPSA) is 52.6 Å². The standard InChI is InChI=1S/C31H41O4P/c1-6-9-20-36(21-10-7-2,22-11-8-3)29(31(33)35-5)28(30(32)34-4)27-25-18-14-12-16-23(25)24-17-13-15-19-26(24)27/h12-19H,6-11,20-22H2,1-5H3. The van der Waals surface area contributed by atoms with E-state index in [0.717, 1.165) is 84.8 Å². The Morgan fingerprint density at radius 2 is 1.03 bits per heavy atom. The molecule has 0 spiro atoms. The number of carbonyl (C=O) groups excluding carboxylic acids is 2. The lowest BCUT2D eigenvalue weighted by atomic mass is 9.96. The number of carbonyl (C=O) groups is 2. The first-order valence-electron chi connectivity index (χ1n) is 13.3. The average molecular weight is 509 g/mol. The minimum atomic E-state index is -2.04. The van der Waals surface area contributed by atoms with Crippen LogP contribution in [0.2, 0.25) is 0 Å². The third-order valence-corrected chi connectivity index (χ3v) is 12.1. The molecule has 0 saturated carbocycles. The molecule has 0 heterocycles. The first-order valence-corrected chi connectivity index (χ1v) is 15.7. The van der Waals surface area contributed by atoms with Crippen LogP contribution in [0.1, 0.15) is 70.4 Å². The summed E-state index contributed by atoms with van der Waals surface area (Å²) in [5.74, 6) is -0.827. The Balaban J connectivity index is 2.55. The largest absolute Gasteiger partial charge is 0.465 e. The number of esters is 2. The van der Waals surface area contributed by atoms with E-state index in [4.69, 9.17) is 9.47 Å². The van der Waals surface area contributed by atoms with Crippen LogP contribution >= 0.6 is 6.89 Å². The van der Waals surface area contributed by atoms with Crippen LogP contribution in [-0.2, 0) is 19.1 Å². The van der Waals surface area contributed by atoms with E-state index >= 15 is 0 Å². The summed E-state index contributed by atoms with van der Waals surface area (Å²) in [6.45, 7) is 4.52. The molecule has 36 heavy (non-hydrogen) atoms. The van der Waals surface area contributed by atoms with Gasteiger partial charge in [-0.1, -0.05) is 95.5 Å². The Labute approximate surface area is 217 Å². The zero-order chi connectivity index (χ0) is 26.1. The maximum absolute atomic E-state index is 13.8. The number of ether oxygens (including phenoxy) is 2. The average Bonchev–Trinajstić information content (AvgIpc) is 3.25. The zero-order valence-electron chi connectivity index (χ0n) is 22.6. The van der Waals surface area contributed by atoms with E-state index in [9.17, 15) is 9.59 Å². The molecule has 0 N–H and O–H groups in total.